The van der Waals surface area contributed by atoms with Crippen molar-refractivity contribution in [1.82, 2.24) is 10.3 Å². The first-order valence-corrected chi connectivity index (χ1v) is 9.92. The quantitative estimate of drug-likeness (QED) is 0.255. The van der Waals surface area contributed by atoms with Gasteiger partial charge in [-0.25, -0.2) is 4.98 Å². The van der Waals surface area contributed by atoms with Gasteiger partial charge in [0.05, 0.1) is 24.3 Å². The molecule has 6 heteroatoms. The summed E-state index contributed by atoms with van der Waals surface area (Å²) in [4.78, 5) is 21.9. The van der Waals surface area contributed by atoms with Crippen LogP contribution in [-0.2, 0) is 6.54 Å². The summed E-state index contributed by atoms with van der Waals surface area (Å²) in [5.41, 5.74) is 1.81. The second-order valence-corrected chi connectivity index (χ2v) is 7.51. The molecule has 5 nitrogen and oxygen atoms in total. The van der Waals surface area contributed by atoms with E-state index in [4.69, 9.17) is 6.42 Å². The highest BCUT2D eigenvalue weighted by Crippen LogP contribution is 2.34. The van der Waals surface area contributed by atoms with Gasteiger partial charge in [-0.05, 0) is 18.9 Å². The maximum atomic E-state index is 11.5. The monoisotopic (exact) mass is 368 g/mol. The van der Waals surface area contributed by atoms with Crippen LogP contribution < -0.4 is 10.6 Å². The minimum Gasteiger partial charge on any atom is -0.374 e. The Morgan fingerprint density at radius 2 is 2.15 bits per heavy atom. The molecule has 26 heavy (non-hydrogen) atoms. The van der Waals surface area contributed by atoms with E-state index in [0.29, 0.717) is 24.0 Å². The number of carbonyl (C=O) groups excluding carboxylic acids is 1. The zero-order chi connectivity index (χ0) is 18.2. The summed E-state index contributed by atoms with van der Waals surface area (Å²) >= 11 is 1.40. The number of terminal acetylenes is 1. The van der Waals surface area contributed by atoms with Crippen molar-refractivity contribution in [3.63, 3.8) is 0 Å². The number of pyridine rings is 1. The third kappa shape index (κ3) is 4.41. The van der Waals surface area contributed by atoms with Crippen LogP contribution in [0.5, 0.6) is 0 Å². The number of aliphatic imine (C=N–C) groups is 1. The summed E-state index contributed by atoms with van der Waals surface area (Å²) in [5, 5.41) is 7.58. The Balaban J connectivity index is 1.76. The zero-order valence-corrected chi connectivity index (χ0v) is 15.6. The van der Waals surface area contributed by atoms with Gasteiger partial charge >= 0.3 is 0 Å². The average molecular weight is 369 g/mol. The Labute approximate surface area is 158 Å². The van der Waals surface area contributed by atoms with E-state index in [1.165, 1.54) is 49.9 Å². The molecule has 0 amide bonds. The maximum absolute atomic E-state index is 11.5. The molecule has 1 saturated carbocycles. The number of nitrogens with one attached hydrogen (secondary N) is 2. The van der Waals surface area contributed by atoms with Crippen molar-refractivity contribution >= 4 is 39.9 Å². The molecule has 0 atom stereocenters. The lowest BCUT2D eigenvalue weighted by Crippen LogP contribution is -2.26. The highest BCUT2D eigenvalue weighted by molar-refractivity contribution is 7.20. The standard InChI is InChI=1S/C20H24N4OS/c1-2-10-22-17-9-11-23-20-19(17)16(18(13-25)26-20)12-21-14-24-15-7-5-3-4-6-8-15/h1,9,11,13-15H,3-8,10,12H2,(H,21,24)(H,22,23). The number of aldehydes is 1. The van der Waals surface area contributed by atoms with Gasteiger partial charge < -0.3 is 10.6 Å². The van der Waals surface area contributed by atoms with Gasteiger partial charge in [0, 0.05) is 28.9 Å². The van der Waals surface area contributed by atoms with Crippen LogP contribution in [-0.4, -0.2) is 30.2 Å². The first-order chi connectivity index (χ1) is 12.8. The molecular weight excluding hydrogens is 344 g/mol. The number of hydrogen-bond donors (Lipinski definition) is 2. The third-order valence-electron chi connectivity index (χ3n) is 4.72. The topological polar surface area (TPSA) is 66.4 Å². The van der Waals surface area contributed by atoms with Gasteiger partial charge in [0.2, 0.25) is 0 Å². The van der Waals surface area contributed by atoms with Crippen molar-refractivity contribution in [1.29, 1.82) is 0 Å². The van der Waals surface area contributed by atoms with Crippen molar-refractivity contribution < 1.29 is 4.79 Å². The van der Waals surface area contributed by atoms with Gasteiger partial charge in [-0.1, -0.05) is 31.6 Å². The molecular formula is C20H24N4OS. The Kier molecular flexibility index (Phi) is 6.62. The predicted molar refractivity (Wildman–Crippen MR) is 109 cm³/mol. The largest absolute Gasteiger partial charge is 0.374 e. The van der Waals surface area contributed by atoms with E-state index in [2.05, 4.69) is 26.5 Å². The van der Waals surface area contributed by atoms with E-state index in [9.17, 15) is 4.79 Å². The summed E-state index contributed by atoms with van der Waals surface area (Å²) in [6.45, 7) is 0.877. The number of carbonyl (C=O) groups is 1. The smallest absolute Gasteiger partial charge is 0.160 e. The Bertz CT molecular complexity index is 813. The number of thiophene rings is 1. The molecule has 2 aromatic rings. The van der Waals surface area contributed by atoms with Crippen LogP contribution in [0.1, 0.15) is 53.8 Å². The Hall–Kier alpha value is -2.39. The summed E-state index contributed by atoms with van der Waals surface area (Å²) in [6, 6.07) is 2.40. The highest BCUT2D eigenvalue weighted by Gasteiger charge is 2.15. The van der Waals surface area contributed by atoms with E-state index in [0.717, 1.165) is 27.8 Å². The van der Waals surface area contributed by atoms with Crippen LogP contribution in [0.4, 0.5) is 5.69 Å². The highest BCUT2D eigenvalue weighted by atomic mass is 32.1. The van der Waals surface area contributed by atoms with Crippen molar-refractivity contribution in [3.05, 3.63) is 22.7 Å². The van der Waals surface area contributed by atoms with Crippen molar-refractivity contribution in [3.8, 4) is 12.3 Å². The van der Waals surface area contributed by atoms with Crippen molar-refractivity contribution in [2.75, 3.05) is 11.9 Å². The maximum Gasteiger partial charge on any atom is 0.160 e. The van der Waals surface area contributed by atoms with Gasteiger partial charge in [-0.15, -0.1) is 17.8 Å². The minimum absolute atomic E-state index is 0.428. The molecule has 0 aromatic carbocycles. The van der Waals surface area contributed by atoms with Gasteiger partial charge in [-0.3, -0.25) is 9.79 Å². The molecule has 1 fully saturated rings. The number of aromatic nitrogens is 1. The first-order valence-electron chi connectivity index (χ1n) is 9.10. The number of nitrogens with zero attached hydrogens (tertiary/aromatic N) is 2. The Morgan fingerprint density at radius 1 is 1.35 bits per heavy atom. The summed E-state index contributed by atoms with van der Waals surface area (Å²) in [5.74, 6) is 2.58. The summed E-state index contributed by atoms with van der Waals surface area (Å²) < 4.78 is 0. The van der Waals surface area contributed by atoms with Crippen LogP contribution in [0.3, 0.4) is 0 Å². The summed E-state index contributed by atoms with van der Waals surface area (Å²) in [7, 11) is 0. The average Bonchev–Trinajstić information content (AvgIpc) is 2.83. The van der Waals surface area contributed by atoms with Crippen LogP contribution in [0.2, 0.25) is 0 Å². The lowest BCUT2D eigenvalue weighted by Gasteiger charge is -2.13. The second kappa shape index (κ2) is 9.35. The SMILES string of the molecule is C#CCNc1ccnc2sc(C=O)c(CN=CNC3CCCCCC3)c12. The molecule has 2 N–H and O–H groups in total. The zero-order valence-electron chi connectivity index (χ0n) is 14.8. The fraction of sp³-hybridized carbons (Fsp3) is 0.450. The number of hydrogen-bond acceptors (Lipinski definition) is 5. The van der Waals surface area contributed by atoms with E-state index in [-0.39, 0.29) is 0 Å². The molecule has 2 aromatic heterocycles. The lowest BCUT2D eigenvalue weighted by molar-refractivity contribution is 0.112. The van der Waals surface area contributed by atoms with Crippen molar-refractivity contribution in [2.45, 2.75) is 51.1 Å². The Morgan fingerprint density at radius 3 is 2.88 bits per heavy atom. The number of rotatable bonds is 7. The predicted octanol–water partition coefficient (Wildman–Crippen LogP) is 3.99. The summed E-state index contributed by atoms with van der Waals surface area (Å²) in [6.07, 6.45) is 17.4. The molecule has 0 bridgehead atoms. The van der Waals surface area contributed by atoms with Gasteiger partial charge in [0.15, 0.2) is 6.29 Å². The fourth-order valence-corrected chi connectivity index (χ4v) is 4.38. The van der Waals surface area contributed by atoms with Gasteiger partial charge in [0.1, 0.15) is 4.83 Å². The van der Waals surface area contributed by atoms with E-state index >= 15 is 0 Å². The molecule has 0 saturated heterocycles. The van der Waals surface area contributed by atoms with E-state index < -0.39 is 0 Å². The lowest BCUT2D eigenvalue weighted by atomic mass is 10.1. The molecule has 0 unspecified atom stereocenters. The van der Waals surface area contributed by atoms with Crippen molar-refractivity contribution in [2.24, 2.45) is 4.99 Å². The molecule has 1 aliphatic rings. The minimum atomic E-state index is 0.428. The van der Waals surface area contributed by atoms with Crippen LogP contribution >= 0.6 is 11.3 Å². The van der Waals surface area contributed by atoms with E-state index in [1.54, 1.807) is 12.5 Å². The fourth-order valence-electron chi connectivity index (χ4n) is 3.39. The first kappa shape index (κ1) is 18.4. The number of fused-ring (bicyclic) bond motifs is 1. The molecule has 136 valence electrons. The molecule has 0 radical (unpaired) electrons. The normalized spacial score (nSPS) is 15.7. The molecule has 0 aliphatic heterocycles. The van der Waals surface area contributed by atoms with Crippen LogP contribution in [0, 0.1) is 12.3 Å². The molecule has 3 rings (SSSR count). The number of anilines is 1. The molecule has 2 heterocycles. The third-order valence-corrected chi connectivity index (χ3v) is 5.78. The van der Waals surface area contributed by atoms with Gasteiger partial charge in [0.25, 0.3) is 0 Å². The second-order valence-electron chi connectivity index (χ2n) is 6.48. The van der Waals surface area contributed by atoms with Crippen LogP contribution in [0.15, 0.2) is 17.3 Å². The van der Waals surface area contributed by atoms with Gasteiger partial charge in [-0.2, -0.15) is 0 Å². The molecule has 1 aliphatic carbocycles. The molecule has 0 spiro atoms. The van der Waals surface area contributed by atoms with Crippen LogP contribution in [0.25, 0.3) is 10.2 Å². The van der Waals surface area contributed by atoms with E-state index in [1.807, 2.05) is 6.07 Å².